The van der Waals surface area contributed by atoms with Gasteiger partial charge in [0.05, 0.1) is 23.1 Å². The first-order chi connectivity index (χ1) is 7.18. The van der Waals surface area contributed by atoms with Gasteiger partial charge in [0.25, 0.3) is 5.91 Å². The van der Waals surface area contributed by atoms with Crippen molar-refractivity contribution in [1.29, 1.82) is 0 Å². The van der Waals surface area contributed by atoms with Crippen LogP contribution in [0.5, 0.6) is 0 Å². The predicted octanol–water partition coefficient (Wildman–Crippen LogP) is 1.01. The highest BCUT2D eigenvalue weighted by atomic mass is 32.1. The molecule has 6 nitrogen and oxygen atoms in total. The van der Waals surface area contributed by atoms with Crippen LogP contribution in [0.4, 0.5) is 11.5 Å². The summed E-state index contributed by atoms with van der Waals surface area (Å²) in [5.74, 6) is 0.179. The molecule has 1 amide bonds. The summed E-state index contributed by atoms with van der Waals surface area (Å²) in [5.41, 5.74) is 8.30. The quantitative estimate of drug-likeness (QED) is 0.707. The molecule has 0 aromatic carbocycles. The summed E-state index contributed by atoms with van der Waals surface area (Å²) in [6.07, 6.45) is 1.44. The number of carbonyl (C=O) groups excluding carboxylic acids is 1. The van der Waals surface area contributed by atoms with Crippen LogP contribution in [0.15, 0.2) is 11.7 Å². The average molecular weight is 223 g/mol. The van der Waals surface area contributed by atoms with Crippen LogP contribution in [0.3, 0.4) is 0 Å². The van der Waals surface area contributed by atoms with Gasteiger partial charge in [0.15, 0.2) is 5.82 Å². The number of nitrogens with two attached hydrogens (primary N) is 1. The zero-order valence-corrected chi connectivity index (χ0v) is 8.76. The summed E-state index contributed by atoms with van der Waals surface area (Å²) < 4.78 is 0. The molecule has 2 aromatic rings. The number of aromatic nitrogens is 3. The second-order valence-electron chi connectivity index (χ2n) is 2.92. The van der Waals surface area contributed by atoms with Crippen molar-refractivity contribution in [1.82, 2.24) is 15.2 Å². The highest BCUT2D eigenvalue weighted by molar-refractivity contribution is 7.12. The fraction of sp³-hybridized carbons (Fsp3) is 0.125. The molecular weight excluding hydrogens is 214 g/mol. The number of nitrogens with one attached hydrogen (secondary N) is 2. The van der Waals surface area contributed by atoms with E-state index in [4.69, 9.17) is 5.73 Å². The van der Waals surface area contributed by atoms with Gasteiger partial charge in [0, 0.05) is 0 Å². The number of nitrogen functional groups attached to an aromatic ring is 1. The molecule has 2 rings (SSSR count). The molecule has 2 heterocycles. The van der Waals surface area contributed by atoms with Gasteiger partial charge in [-0.25, -0.2) is 4.98 Å². The first-order valence-electron chi connectivity index (χ1n) is 4.18. The van der Waals surface area contributed by atoms with Crippen molar-refractivity contribution < 1.29 is 4.79 Å². The normalized spacial score (nSPS) is 10.2. The van der Waals surface area contributed by atoms with Gasteiger partial charge in [0.1, 0.15) is 4.88 Å². The Labute approximate surface area is 89.5 Å². The van der Waals surface area contributed by atoms with E-state index < -0.39 is 0 Å². The molecule has 0 aliphatic rings. The third-order valence-electron chi connectivity index (χ3n) is 1.86. The van der Waals surface area contributed by atoms with Gasteiger partial charge in [-0.2, -0.15) is 5.10 Å². The van der Waals surface area contributed by atoms with Crippen LogP contribution < -0.4 is 11.1 Å². The van der Waals surface area contributed by atoms with Gasteiger partial charge in [-0.1, -0.05) is 0 Å². The van der Waals surface area contributed by atoms with E-state index >= 15 is 0 Å². The monoisotopic (exact) mass is 223 g/mol. The summed E-state index contributed by atoms with van der Waals surface area (Å²) >= 11 is 1.29. The highest BCUT2D eigenvalue weighted by Crippen LogP contribution is 2.17. The number of aromatic amines is 1. The fourth-order valence-corrected chi connectivity index (χ4v) is 1.78. The van der Waals surface area contributed by atoms with Crippen molar-refractivity contribution in [3.63, 3.8) is 0 Å². The van der Waals surface area contributed by atoms with E-state index in [1.807, 2.05) is 0 Å². The smallest absolute Gasteiger partial charge is 0.268 e. The van der Waals surface area contributed by atoms with Crippen LogP contribution in [0.25, 0.3) is 0 Å². The predicted molar refractivity (Wildman–Crippen MR) is 57.8 cm³/mol. The molecule has 0 radical (unpaired) electrons. The Balaban J connectivity index is 2.18. The lowest BCUT2D eigenvalue weighted by atomic mass is 10.3. The zero-order valence-electron chi connectivity index (χ0n) is 7.94. The van der Waals surface area contributed by atoms with Crippen LogP contribution >= 0.6 is 11.3 Å². The lowest BCUT2D eigenvalue weighted by molar-refractivity contribution is 0.102. The van der Waals surface area contributed by atoms with Crippen LogP contribution in [0, 0.1) is 6.92 Å². The van der Waals surface area contributed by atoms with Gasteiger partial charge in [-0.15, -0.1) is 11.3 Å². The number of carbonyl (C=O) groups is 1. The average Bonchev–Trinajstić information content (AvgIpc) is 2.76. The van der Waals surface area contributed by atoms with Crippen molar-refractivity contribution in [2.75, 3.05) is 11.1 Å². The number of anilines is 2. The van der Waals surface area contributed by atoms with E-state index in [0.29, 0.717) is 22.1 Å². The van der Waals surface area contributed by atoms with Crippen LogP contribution in [-0.4, -0.2) is 21.1 Å². The first-order valence-corrected chi connectivity index (χ1v) is 5.06. The Morgan fingerprint density at radius 1 is 1.67 bits per heavy atom. The van der Waals surface area contributed by atoms with E-state index in [0.717, 1.165) is 0 Å². The summed E-state index contributed by atoms with van der Waals surface area (Å²) in [5, 5.41) is 8.92. The summed E-state index contributed by atoms with van der Waals surface area (Å²) in [7, 11) is 0. The third kappa shape index (κ3) is 1.82. The van der Waals surface area contributed by atoms with Crippen molar-refractivity contribution in [2.24, 2.45) is 0 Å². The van der Waals surface area contributed by atoms with E-state index in [1.165, 1.54) is 17.5 Å². The van der Waals surface area contributed by atoms with Gasteiger partial charge < -0.3 is 11.1 Å². The molecule has 0 aliphatic heterocycles. The van der Waals surface area contributed by atoms with Gasteiger partial charge in [-0.05, 0) is 6.92 Å². The minimum Gasteiger partial charge on any atom is -0.394 e. The molecule has 0 unspecified atom stereocenters. The summed E-state index contributed by atoms with van der Waals surface area (Å²) in [6, 6.07) is 0. The number of rotatable bonds is 2. The van der Waals surface area contributed by atoms with E-state index in [9.17, 15) is 4.79 Å². The van der Waals surface area contributed by atoms with Crippen LogP contribution in [0.2, 0.25) is 0 Å². The minimum absolute atomic E-state index is 0.231. The summed E-state index contributed by atoms with van der Waals surface area (Å²) in [4.78, 5) is 16.3. The maximum atomic E-state index is 11.7. The molecule has 15 heavy (non-hydrogen) atoms. The Morgan fingerprint density at radius 2 is 2.47 bits per heavy atom. The topological polar surface area (TPSA) is 96.7 Å². The number of amides is 1. The number of thiazole rings is 1. The number of hydrogen-bond acceptors (Lipinski definition) is 5. The Kier molecular flexibility index (Phi) is 2.38. The number of H-pyrrole nitrogens is 1. The van der Waals surface area contributed by atoms with Crippen molar-refractivity contribution in [2.45, 2.75) is 6.92 Å². The standard InChI is InChI=1S/C8H9N5OS/c1-4-6(15-3-10-4)8(14)12-7-5(9)2-11-13-7/h2-3H,9H2,1H3,(H2,11,12,13,14). The highest BCUT2D eigenvalue weighted by Gasteiger charge is 2.13. The molecule has 0 spiro atoms. The molecule has 78 valence electrons. The molecule has 4 N–H and O–H groups in total. The number of hydrogen-bond donors (Lipinski definition) is 3. The minimum atomic E-state index is -0.231. The van der Waals surface area contributed by atoms with E-state index in [-0.39, 0.29) is 5.91 Å². The number of nitrogens with zero attached hydrogens (tertiary/aromatic N) is 2. The maximum Gasteiger partial charge on any atom is 0.268 e. The van der Waals surface area contributed by atoms with Crippen molar-refractivity contribution in [3.05, 3.63) is 22.3 Å². The van der Waals surface area contributed by atoms with E-state index in [2.05, 4.69) is 20.5 Å². The number of aryl methyl sites for hydroxylation is 1. The molecule has 0 fully saturated rings. The maximum absolute atomic E-state index is 11.7. The second-order valence-corrected chi connectivity index (χ2v) is 3.78. The molecule has 0 saturated heterocycles. The lowest BCUT2D eigenvalue weighted by Gasteiger charge is -2.01. The van der Waals surface area contributed by atoms with Gasteiger partial charge in [-0.3, -0.25) is 9.89 Å². The molecule has 0 aliphatic carbocycles. The van der Waals surface area contributed by atoms with Crippen molar-refractivity contribution >= 4 is 28.7 Å². The van der Waals surface area contributed by atoms with Crippen LogP contribution in [0.1, 0.15) is 15.4 Å². The molecule has 2 aromatic heterocycles. The zero-order chi connectivity index (χ0) is 10.8. The SMILES string of the molecule is Cc1ncsc1C(=O)Nc1[nH]ncc1N. The van der Waals surface area contributed by atoms with Gasteiger partial charge >= 0.3 is 0 Å². The first kappa shape index (κ1) is 9.66. The van der Waals surface area contributed by atoms with Gasteiger partial charge in [0.2, 0.25) is 0 Å². The fourth-order valence-electron chi connectivity index (χ4n) is 1.09. The molecule has 7 heteroatoms. The third-order valence-corrected chi connectivity index (χ3v) is 2.79. The Morgan fingerprint density at radius 3 is 3.00 bits per heavy atom. The molecular formula is C8H9N5OS. The van der Waals surface area contributed by atoms with Crippen LogP contribution in [-0.2, 0) is 0 Å². The largest absolute Gasteiger partial charge is 0.394 e. The Bertz CT molecular complexity index is 489. The molecule has 0 bridgehead atoms. The molecule has 0 atom stereocenters. The lowest BCUT2D eigenvalue weighted by Crippen LogP contribution is -2.12. The molecule has 0 saturated carbocycles. The summed E-state index contributed by atoms with van der Waals surface area (Å²) in [6.45, 7) is 1.78. The van der Waals surface area contributed by atoms with E-state index in [1.54, 1.807) is 12.4 Å². The Hall–Kier alpha value is -1.89. The second kappa shape index (κ2) is 3.70. The van der Waals surface area contributed by atoms with Crippen molar-refractivity contribution in [3.8, 4) is 0 Å².